The van der Waals surface area contributed by atoms with Crippen LogP contribution >= 0.6 is 0 Å². The maximum absolute atomic E-state index is 12.1. The minimum Gasteiger partial charge on any atom is -0.458 e. The van der Waals surface area contributed by atoms with Crippen molar-refractivity contribution in [1.82, 2.24) is 5.32 Å². The Morgan fingerprint density at radius 3 is 2.38 bits per heavy atom. The molecule has 24 heavy (non-hydrogen) atoms. The maximum Gasteiger partial charge on any atom is 0.408 e. The van der Waals surface area contributed by atoms with Crippen molar-refractivity contribution >= 4 is 12.1 Å². The van der Waals surface area contributed by atoms with Gasteiger partial charge in [-0.1, -0.05) is 19.4 Å². The summed E-state index contributed by atoms with van der Waals surface area (Å²) in [5.74, 6) is -0.526. The highest BCUT2D eigenvalue weighted by molar-refractivity contribution is 5.81. The predicted octanol–water partition coefficient (Wildman–Crippen LogP) is 3.59. The summed E-state index contributed by atoms with van der Waals surface area (Å²) in [4.78, 5) is 23.8. The zero-order chi connectivity index (χ0) is 18.8. The Kier molecular flexibility index (Phi) is 10.4. The molecule has 0 radical (unpaired) electrons. The molecule has 140 valence electrons. The van der Waals surface area contributed by atoms with Gasteiger partial charge in [0.15, 0.2) is 0 Å². The van der Waals surface area contributed by atoms with Crippen molar-refractivity contribution in [1.29, 1.82) is 0 Å². The topological polar surface area (TPSA) is 73.9 Å². The van der Waals surface area contributed by atoms with E-state index in [0.29, 0.717) is 13.0 Å². The molecule has 6 heteroatoms. The Labute approximate surface area is 145 Å². The fourth-order valence-electron chi connectivity index (χ4n) is 1.84. The van der Waals surface area contributed by atoms with Crippen LogP contribution in [0.15, 0.2) is 12.7 Å². The van der Waals surface area contributed by atoms with E-state index in [2.05, 4.69) is 18.8 Å². The second-order valence-corrected chi connectivity index (χ2v) is 6.80. The monoisotopic (exact) mass is 343 g/mol. The van der Waals surface area contributed by atoms with Gasteiger partial charge in [0.05, 0.1) is 6.10 Å². The molecular formula is C18H33NO5. The Bertz CT molecular complexity index is 403. The number of alkyl carbamates (subject to hydrolysis) is 1. The first-order chi connectivity index (χ1) is 11.1. The number of nitrogens with one attached hydrogen (secondary N) is 1. The number of rotatable bonds is 10. The van der Waals surface area contributed by atoms with Gasteiger partial charge in [0.25, 0.3) is 0 Å². The first kappa shape index (κ1) is 22.4. The normalized spacial score (nSPS) is 15.1. The molecule has 1 N–H and O–H groups in total. The van der Waals surface area contributed by atoms with E-state index in [0.717, 1.165) is 12.8 Å². The molecule has 0 fully saturated rings. The molecular weight excluding hydrogens is 310 g/mol. The van der Waals surface area contributed by atoms with E-state index in [1.807, 2.05) is 0 Å². The Morgan fingerprint density at radius 2 is 1.88 bits per heavy atom. The van der Waals surface area contributed by atoms with Gasteiger partial charge in [-0.25, -0.2) is 9.59 Å². The highest BCUT2D eigenvalue weighted by Gasteiger charge is 2.26. The number of esters is 1. The fraction of sp³-hybridized carbons (Fsp3) is 0.778. The summed E-state index contributed by atoms with van der Waals surface area (Å²) in [6, 6.07) is -0.803. The van der Waals surface area contributed by atoms with Gasteiger partial charge in [-0.3, -0.25) is 0 Å². The molecule has 0 aliphatic carbocycles. The maximum atomic E-state index is 12.1. The molecule has 0 aromatic carbocycles. The summed E-state index contributed by atoms with van der Waals surface area (Å²) < 4.78 is 16.3. The molecule has 0 aromatic heterocycles. The van der Waals surface area contributed by atoms with Gasteiger partial charge in [-0.2, -0.15) is 0 Å². The molecule has 0 saturated carbocycles. The smallest absolute Gasteiger partial charge is 0.408 e. The number of carbonyl (C=O) groups is 2. The standard InChI is InChI=1S/C18H33NO5/c1-8-10-12-22-15(11-9-2)14(4)23-16(20)13(3)19-17(21)24-18(5,6)7/h9,13-15H,2,8,10-12H2,1,3-7H3,(H,19,21)/t13-,14-,15+/m0/s1. The third kappa shape index (κ3) is 10.3. The largest absolute Gasteiger partial charge is 0.458 e. The molecule has 6 nitrogen and oxygen atoms in total. The average Bonchev–Trinajstić information content (AvgIpc) is 2.44. The molecule has 0 spiro atoms. The summed E-state index contributed by atoms with van der Waals surface area (Å²) in [6.07, 6.45) is 2.98. The minimum absolute atomic E-state index is 0.244. The minimum atomic E-state index is -0.803. The summed E-state index contributed by atoms with van der Waals surface area (Å²) in [6.45, 7) is 15.0. The lowest BCUT2D eigenvalue weighted by atomic mass is 10.1. The molecule has 1 amide bonds. The summed E-state index contributed by atoms with van der Waals surface area (Å²) in [5, 5.41) is 2.47. The van der Waals surface area contributed by atoms with Crippen LogP contribution in [0.25, 0.3) is 0 Å². The van der Waals surface area contributed by atoms with E-state index >= 15 is 0 Å². The summed E-state index contributed by atoms with van der Waals surface area (Å²) in [7, 11) is 0. The Balaban J connectivity index is 4.47. The number of hydrogen-bond acceptors (Lipinski definition) is 5. The van der Waals surface area contributed by atoms with Crippen LogP contribution < -0.4 is 5.32 Å². The molecule has 0 bridgehead atoms. The highest BCUT2D eigenvalue weighted by Crippen LogP contribution is 2.12. The van der Waals surface area contributed by atoms with E-state index in [4.69, 9.17) is 14.2 Å². The van der Waals surface area contributed by atoms with Gasteiger partial charge >= 0.3 is 12.1 Å². The van der Waals surface area contributed by atoms with Crippen molar-refractivity contribution in [3.8, 4) is 0 Å². The first-order valence-electron chi connectivity index (χ1n) is 8.53. The van der Waals surface area contributed by atoms with Crippen LogP contribution in [0.4, 0.5) is 4.79 Å². The third-order valence-corrected chi connectivity index (χ3v) is 3.14. The average molecular weight is 343 g/mol. The van der Waals surface area contributed by atoms with Crippen LogP contribution in [0.3, 0.4) is 0 Å². The third-order valence-electron chi connectivity index (χ3n) is 3.14. The Hall–Kier alpha value is -1.56. The number of hydrogen-bond donors (Lipinski definition) is 1. The van der Waals surface area contributed by atoms with Crippen molar-refractivity contribution in [3.63, 3.8) is 0 Å². The molecule has 0 aliphatic heterocycles. The van der Waals surface area contributed by atoms with E-state index in [-0.39, 0.29) is 6.10 Å². The van der Waals surface area contributed by atoms with Crippen LogP contribution in [0, 0.1) is 0 Å². The van der Waals surface area contributed by atoms with Gasteiger partial charge in [0.2, 0.25) is 0 Å². The van der Waals surface area contributed by atoms with Crippen LogP contribution in [0.5, 0.6) is 0 Å². The van der Waals surface area contributed by atoms with E-state index in [1.165, 1.54) is 0 Å². The van der Waals surface area contributed by atoms with Crippen molar-refractivity contribution in [2.24, 2.45) is 0 Å². The molecule has 0 heterocycles. The molecule has 0 aliphatic rings. The quantitative estimate of drug-likeness (QED) is 0.373. The van der Waals surface area contributed by atoms with Crippen molar-refractivity contribution in [2.75, 3.05) is 6.61 Å². The van der Waals surface area contributed by atoms with Crippen LogP contribution in [0.1, 0.15) is 60.8 Å². The Morgan fingerprint density at radius 1 is 1.25 bits per heavy atom. The van der Waals surface area contributed by atoms with Gasteiger partial charge in [0.1, 0.15) is 17.7 Å². The number of ether oxygens (including phenoxy) is 3. The lowest BCUT2D eigenvalue weighted by Crippen LogP contribution is -2.44. The van der Waals surface area contributed by atoms with Crippen molar-refractivity contribution in [3.05, 3.63) is 12.7 Å². The number of carbonyl (C=O) groups excluding carboxylic acids is 2. The van der Waals surface area contributed by atoms with Gasteiger partial charge in [-0.15, -0.1) is 6.58 Å². The van der Waals surface area contributed by atoms with E-state index < -0.39 is 29.8 Å². The van der Waals surface area contributed by atoms with Gasteiger partial charge in [0, 0.05) is 6.61 Å². The van der Waals surface area contributed by atoms with Gasteiger partial charge < -0.3 is 19.5 Å². The first-order valence-corrected chi connectivity index (χ1v) is 8.53. The number of amides is 1. The van der Waals surface area contributed by atoms with Crippen LogP contribution in [0.2, 0.25) is 0 Å². The summed E-state index contributed by atoms with van der Waals surface area (Å²) >= 11 is 0. The zero-order valence-corrected chi connectivity index (χ0v) is 15.9. The predicted molar refractivity (Wildman–Crippen MR) is 93.8 cm³/mol. The van der Waals surface area contributed by atoms with Crippen LogP contribution in [-0.2, 0) is 19.0 Å². The van der Waals surface area contributed by atoms with Crippen molar-refractivity contribution in [2.45, 2.75) is 84.7 Å². The fourth-order valence-corrected chi connectivity index (χ4v) is 1.84. The second-order valence-electron chi connectivity index (χ2n) is 6.80. The lowest BCUT2D eigenvalue weighted by molar-refractivity contribution is -0.158. The summed E-state index contributed by atoms with van der Waals surface area (Å²) in [5.41, 5.74) is -0.622. The van der Waals surface area contributed by atoms with Crippen LogP contribution in [-0.4, -0.2) is 42.5 Å². The molecule has 0 rings (SSSR count). The highest BCUT2D eigenvalue weighted by atomic mass is 16.6. The van der Waals surface area contributed by atoms with E-state index in [9.17, 15) is 9.59 Å². The SMILES string of the molecule is C=CC[C@@H](OCCCC)[C@H](C)OC(=O)[C@H](C)NC(=O)OC(C)(C)C. The van der Waals surface area contributed by atoms with E-state index in [1.54, 1.807) is 40.7 Å². The molecule has 0 saturated heterocycles. The molecule has 3 atom stereocenters. The van der Waals surface area contributed by atoms with Crippen molar-refractivity contribution < 1.29 is 23.8 Å². The lowest BCUT2D eigenvalue weighted by Gasteiger charge is -2.25. The number of unbranched alkanes of at least 4 members (excludes halogenated alkanes) is 1. The molecule has 0 aromatic rings. The second kappa shape index (κ2) is 11.1. The zero-order valence-electron chi connectivity index (χ0n) is 15.9. The molecule has 0 unspecified atom stereocenters. The van der Waals surface area contributed by atoms with Gasteiger partial charge in [-0.05, 0) is 47.5 Å².